The summed E-state index contributed by atoms with van der Waals surface area (Å²) in [7, 11) is 0. The van der Waals surface area contributed by atoms with Gasteiger partial charge in [0.2, 0.25) is 0 Å². The maximum atomic E-state index is 11.1. The molecule has 0 aromatic carbocycles. The maximum Gasteiger partial charge on any atom is 0.339 e. The van der Waals surface area contributed by atoms with Crippen LogP contribution in [0.5, 0.6) is 0 Å². The molecule has 1 heterocycles. The minimum absolute atomic E-state index is 0.293. The van der Waals surface area contributed by atoms with E-state index >= 15 is 0 Å². The molecule has 0 spiro atoms. The normalized spacial score (nSPS) is 13.4. The lowest BCUT2D eigenvalue weighted by Crippen LogP contribution is -2.29. The summed E-state index contributed by atoms with van der Waals surface area (Å²) in [5.74, 6) is 0. The van der Waals surface area contributed by atoms with Crippen LogP contribution in [0.4, 0.5) is 0 Å². The Kier molecular flexibility index (Phi) is 2.85. The first kappa shape index (κ1) is 9.52. The van der Waals surface area contributed by atoms with Crippen molar-refractivity contribution >= 4 is 12.2 Å². The molecule has 0 aliphatic heterocycles. The van der Waals surface area contributed by atoms with Crippen LogP contribution in [0.1, 0.15) is 12.5 Å². The van der Waals surface area contributed by atoms with Gasteiger partial charge in [0, 0.05) is 10.8 Å². The largest absolute Gasteiger partial charge is 0.423 e. The van der Waals surface area contributed by atoms with Gasteiger partial charge in [0.1, 0.15) is 5.42 Å². The van der Waals surface area contributed by atoms with Gasteiger partial charge in [0.15, 0.2) is 0 Å². The van der Waals surface area contributed by atoms with Crippen LogP contribution in [0.15, 0.2) is 27.9 Å². The van der Waals surface area contributed by atoms with Crippen LogP contribution in [0.2, 0.25) is 0 Å². The molecule has 2 nitrogen and oxygen atoms in total. The molecule has 1 aromatic rings. The lowest BCUT2D eigenvalue weighted by atomic mass is 10.2. The molecule has 2 heteroatoms. The summed E-state index contributed by atoms with van der Waals surface area (Å²) in [4.78, 5) is 11.1. The van der Waals surface area contributed by atoms with Gasteiger partial charge in [0.25, 0.3) is 0 Å². The summed E-state index contributed by atoms with van der Waals surface area (Å²) < 4.78 is 5.06. The van der Waals surface area contributed by atoms with Gasteiger partial charge in [-0.2, -0.15) is 0 Å². The molecule has 1 aromatic heterocycles. The highest BCUT2D eigenvalue weighted by atomic mass is 16.4. The van der Waals surface area contributed by atoms with E-state index < -0.39 is 0 Å². The average Bonchev–Trinajstić information content (AvgIpc) is 2.11. The first-order valence-corrected chi connectivity index (χ1v) is 4.09. The first-order valence-electron chi connectivity index (χ1n) is 4.09. The van der Waals surface area contributed by atoms with Crippen molar-refractivity contribution < 1.29 is 4.42 Å². The fraction of sp³-hybridized carbons (Fsp3) is 0.182. The Morgan fingerprint density at radius 1 is 1.54 bits per heavy atom. The molecule has 0 amide bonds. The molecule has 0 bridgehead atoms. The molecule has 1 rings (SSSR count). The molecular weight excluding hydrogens is 164 g/mol. The van der Waals surface area contributed by atoms with Crippen LogP contribution >= 0.6 is 0 Å². The summed E-state index contributed by atoms with van der Waals surface area (Å²) in [5.41, 5.74) is 0.890. The lowest BCUT2D eigenvalue weighted by molar-refractivity contribution is 0.469. The predicted molar refractivity (Wildman–Crippen MR) is 53.8 cm³/mol. The van der Waals surface area contributed by atoms with Gasteiger partial charge in [0.05, 0.1) is 0 Å². The molecule has 0 atom stereocenters. The second-order valence-corrected chi connectivity index (χ2v) is 2.73. The summed E-state index contributed by atoms with van der Waals surface area (Å²) in [6.45, 7) is 7.18. The number of rotatable bonds is 1. The third-order valence-corrected chi connectivity index (χ3v) is 1.76. The molecule has 0 radical (unpaired) electrons. The van der Waals surface area contributed by atoms with Crippen molar-refractivity contribution in [3.8, 4) is 0 Å². The molecule has 0 saturated carbocycles. The van der Waals surface area contributed by atoms with E-state index in [1.165, 1.54) is 0 Å². The van der Waals surface area contributed by atoms with Crippen molar-refractivity contribution in [2.24, 2.45) is 0 Å². The van der Waals surface area contributed by atoms with E-state index in [2.05, 4.69) is 6.58 Å². The van der Waals surface area contributed by atoms with E-state index in [0.717, 1.165) is 5.22 Å². The molecule has 68 valence electrons. The summed E-state index contributed by atoms with van der Waals surface area (Å²) in [6.07, 6.45) is 5.17. The number of hydrogen-bond donors (Lipinski definition) is 0. The van der Waals surface area contributed by atoms with Crippen molar-refractivity contribution in [1.82, 2.24) is 0 Å². The Labute approximate surface area is 76.5 Å². The molecule has 0 fully saturated rings. The minimum Gasteiger partial charge on any atom is -0.423 e. The van der Waals surface area contributed by atoms with Gasteiger partial charge < -0.3 is 4.42 Å². The second kappa shape index (κ2) is 3.90. The Morgan fingerprint density at radius 2 is 2.23 bits per heavy atom. The van der Waals surface area contributed by atoms with Crippen LogP contribution < -0.4 is 16.3 Å². The van der Waals surface area contributed by atoms with E-state index in [-0.39, 0.29) is 5.63 Å². The average molecular weight is 176 g/mol. The van der Waals surface area contributed by atoms with Crippen molar-refractivity contribution in [2.75, 3.05) is 0 Å². The smallest absolute Gasteiger partial charge is 0.339 e. The highest BCUT2D eigenvalue weighted by Crippen LogP contribution is 1.77. The molecule has 0 aliphatic carbocycles. The standard InChI is InChI=1S/C11H12O2/c1-4-6-10-9(5-2)7-8(3)11(12)13-10/h4-7H,1H2,2-3H3/b9-5-,10-6+. The number of aryl methyl sites for hydroxylation is 1. The number of hydrogen-bond acceptors (Lipinski definition) is 2. The second-order valence-electron chi connectivity index (χ2n) is 2.73. The van der Waals surface area contributed by atoms with Gasteiger partial charge in [-0.1, -0.05) is 18.7 Å². The third kappa shape index (κ3) is 1.96. The van der Waals surface area contributed by atoms with E-state index in [9.17, 15) is 4.79 Å². The zero-order valence-corrected chi connectivity index (χ0v) is 7.83. The zero-order valence-electron chi connectivity index (χ0n) is 7.83. The molecule has 0 saturated heterocycles. The van der Waals surface area contributed by atoms with Crippen molar-refractivity contribution in [1.29, 1.82) is 0 Å². The maximum absolute atomic E-state index is 11.1. The van der Waals surface area contributed by atoms with Gasteiger partial charge in [-0.05, 0) is 26.0 Å². The van der Waals surface area contributed by atoms with Crippen molar-refractivity contribution in [3.05, 3.63) is 45.3 Å². The van der Waals surface area contributed by atoms with Crippen molar-refractivity contribution in [2.45, 2.75) is 13.8 Å². The fourth-order valence-electron chi connectivity index (χ4n) is 1.07. The minimum atomic E-state index is -0.293. The van der Waals surface area contributed by atoms with Crippen LogP contribution in [0, 0.1) is 6.92 Å². The van der Waals surface area contributed by atoms with E-state index in [1.54, 1.807) is 25.1 Å². The van der Waals surface area contributed by atoms with E-state index in [0.29, 0.717) is 11.0 Å². The van der Waals surface area contributed by atoms with Crippen LogP contribution in [0.25, 0.3) is 12.2 Å². The summed E-state index contributed by atoms with van der Waals surface area (Å²) >= 11 is 0. The van der Waals surface area contributed by atoms with Crippen molar-refractivity contribution in [3.63, 3.8) is 0 Å². The van der Waals surface area contributed by atoms with Crippen LogP contribution in [0.3, 0.4) is 0 Å². The Bertz CT molecular complexity index is 478. The van der Waals surface area contributed by atoms with Crippen LogP contribution in [-0.4, -0.2) is 0 Å². The molecule has 0 aliphatic rings. The molecule has 13 heavy (non-hydrogen) atoms. The highest BCUT2D eigenvalue weighted by Gasteiger charge is 1.94. The quantitative estimate of drug-likeness (QED) is 0.631. The van der Waals surface area contributed by atoms with Gasteiger partial charge in [-0.25, -0.2) is 4.79 Å². The Morgan fingerprint density at radius 3 is 2.77 bits per heavy atom. The summed E-state index contributed by atoms with van der Waals surface area (Å²) in [6, 6.07) is 1.81. The van der Waals surface area contributed by atoms with E-state index in [4.69, 9.17) is 4.42 Å². The predicted octanol–water partition coefficient (Wildman–Crippen LogP) is 0.715. The third-order valence-electron chi connectivity index (χ3n) is 1.76. The Balaban J connectivity index is 3.72. The topological polar surface area (TPSA) is 30.2 Å². The summed E-state index contributed by atoms with van der Waals surface area (Å²) in [5, 5.41) is 0.914. The fourth-order valence-corrected chi connectivity index (χ4v) is 1.07. The van der Waals surface area contributed by atoms with Crippen LogP contribution in [-0.2, 0) is 0 Å². The Hall–Kier alpha value is -1.57. The van der Waals surface area contributed by atoms with Gasteiger partial charge in [-0.15, -0.1) is 0 Å². The van der Waals surface area contributed by atoms with E-state index in [1.807, 2.05) is 13.0 Å². The first-order chi connectivity index (χ1) is 6.19. The monoisotopic (exact) mass is 176 g/mol. The van der Waals surface area contributed by atoms with Gasteiger partial charge >= 0.3 is 5.63 Å². The van der Waals surface area contributed by atoms with Gasteiger partial charge in [-0.3, -0.25) is 0 Å². The number of allylic oxidation sites excluding steroid dienone is 1. The SMILES string of the molecule is C=C/C=c1/oc(=O)c(C)c/c1=C/C. The molecule has 0 N–H and O–H groups in total. The highest BCUT2D eigenvalue weighted by molar-refractivity contribution is 5.34. The molecular formula is C11H12O2. The molecule has 0 unspecified atom stereocenters. The lowest BCUT2D eigenvalue weighted by Gasteiger charge is -1.91. The zero-order chi connectivity index (χ0) is 9.84.